The number of carbonyl (C=O) groups excluding carboxylic acids is 3. The topological polar surface area (TPSA) is 184 Å². The Morgan fingerprint density at radius 1 is 1.23 bits per heavy atom. The average molecular weight is 566 g/mol. The van der Waals surface area contributed by atoms with Crippen molar-refractivity contribution in [3.63, 3.8) is 0 Å². The lowest BCUT2D eigenvalue weighted by molar-refractivity contribution is -0.201. The van der Waals surface area contributed by atoms with Crippen molar-refractivity contribution in [1.29, 1.82) is 0 Å². The van der Waals surface area contributed by atoms with Crippen molar-refractivity contribution in [1.82, 2.24) is 5.06 Å². The van der Waals surface area contributed by atoms with E-state index < -0.39 is 51.9 Å². The molecule has 0 aromatic heterocycles. The van der Waals surface area contributed by atoms with Crippen LogP contribution in [-0.2, 0) is 29.1 Å². The van der Waals surface area contributed by atoms with Gasteiger partial charge in [-0.15, -0.1) is 5.06 Å². The van der Waals surface area contributed by atoms with Gasteiger partial charge < -0.3 is 29.5 Å². The van der Waals surface area contributed by atoms with Crippen molar-refractivity contribution in [2.45, 2.75) is 56.8 Å². The van der Waals surface area contributed by atoms with Crippen LogP contribution in [0.5, 0.6) is 11.5 Å². The summed E-state index contributed by atoms with van der Waals surface area (Å²) in [6, 6.07) is 10.9. The van der Waals surface area contributed by atoms with Crippen LogP contribution in [0.15, 0.2) is 47.4 Å². The number of ether oxygens (including phenoxy) is 3. The van der Waals surface area contributed by atoms with Crippen LogP contribution in [0.4, 0.5) is 10.5 Å². The predicted molar refractivity (Wildman–Crippen MR) is 137 cm³/mol. The number of hydrogen-bond donors (Lipinski definition) is 3. The molecular formula is C25H31N3O10S. The molecule has 0 spiro atoms. The van der Waals surface area contributed by atoms with Gasteiger partial charge in [-0.1, -0.05) is 31.5 Å². The predicted octanol–water partition coefficient (Wildman–Crippen LogP) is 2.89. The maximum absolute atomic E-state index is 12.8. The zero-order valence-electron chi connectivity index (χ0n) is 21.5. The molecule has 212 valence electrons. The lowest BCUT2D eigenvalue weighted by Crippen LogP contribution is -2.36. The van der Waals surface area contributed by atoms with Crippen LogP contribution in [0.3, 0.4) is 0 Å². The molecule has 1 aliphatic rings. The number of carbonyl (C=O) groups is 3. The molecule has 1 heterocycles. The van der Waals surface area contributed by atoms with Crippen molar-refractivity contribution in [2.75, 3.05) is 18.5 Å². The van der Waals surface area contributed by atoms with Gasteiger partial charge in [-0.2, -0.15) is 0 Å². The fraction of sp³-hybridized carbons (Fsp3) is 0.400. The van der Waals surface area contributed by atoms with Gasteiger partial charge in [-0.05, 0) is 37.6 Å². The second kappa shape index (κ2) is 13.3. The van der Waals surface area contributed by atoms with Crippen LogP contribution in [0.25, 0.3) is 0 Å². The Morgan fingerprint density at radius 2 is 1.95 bits per heavy atom. The fourth-order valence-corrected chi connectivity index (χ4v) is 4.21. The zero-order valence-corrected chi connectivity index (χ0v) is 22.3. The lowest BCUT2D eigenvalue weighted by atomic mass is 10.1. The number of hydrogen-bond acceptors (Lipinski definition) is 11. The van der Waals surface area contributed by atoms with Crippen LogP contribution in [0.1, 0.15) is 49.9 Å². The third-order valence-corrected chi connectivity index (χ3v) is 6.37. The molecule has 0 bridgehead atoms. The molecule has 1 amide bonds. The Balaban J connectivity index is 1.76. The number of rotatable bonds is 12. The van der Waals surface area contributed by atoms with Gasteiger partial charge in [0.1, 0.15) is 23.4 Å². The highest BCUT2D eigenvalue weighted by atomic mass is 32.2. The number of unbranched alkanes of at least 4 members (excludes halogenated alkanes) is 1. The first kappa shape index (κ1) is 29.7. The molecule has 13 nitrogen and oxygen atoms in total. The number of para-hydroxylation sites is 1. The second-order valence-electron chi connectivity index (χ2n) is 8.70. The molecule has 1 saturated heterocycles. The molecule has 2 aromatic carbocycles. The van der Waals surface area contributed by atoms with Gasteiger partial charge in [-0.3, -0.25) is 4.79 Å². The van der Waals surface area contributed by atoms with E-state index in [1.165, 1.54) is 13.0 Å². The maximum atomic E-state index is 12.8. The number of benzene rings is 2. The van der Waals surface area contributed by atoms with E-state index in [0.717, 1.165) is 18.9 Å². The first-order valence-corrected chi connectivity index (χ1v) is 13.8. The van der Waals surface area contributed by atoms with E-state index in [4.69, 9.17) is 24.2 Å². The highest BCUT2D eigenvalue weighted by molar-refractivity contribution is 7.89. The quantitative estimate of drug-likeness (QED) is 0.254. The van der Waals surface area contributed by atoms with Gasteiger partial charge in [0.05, 0.1) is 11.3 Å². The molecule has 1 fully saturated rings. The highest BCUT2D eigenvalue weighted by Gasteiger charge is 2.34. The molecule has 4 N–H and O–H groups in total. The number of anilines is 1. The number of nitrogens with two attached hydrogens (primary N) is 1. The Labute approximate surface area is 225 Å². The van der Waals surface area contributed by atoms with Crippen molar-refractivity contribution in [3.05, 3.63) is 48.0 Å². The highest BCUT2D eigenvalue weighted by Crippen LogP contribution is 2.37. The summed E-state index contributed by atoms with van der Waals surface area (Å²) in [7, 11) is -4.34. The summed E-state index contributed by atoms with van der Waals surface area (Å²) in [6.07, 6.45) is -1.78. The number of amides is 1. The number of primary sulfonamides is 1. The molecule has 0 saturated carbocycles. The van der Waals surface area contributed by atoms with Gasteiger partial charge >= 0.3 is 12.1 Å². The number of nitrogens with one attached hydrogen (secondary N) is 1. The van der Waals surface area contributed by atoms with E-state index in [9.17, 15) is 27.9 Å². The van der Waals surface area contributed by atoms with Gasteiger partial charge in [0.15, 0.2) is 12.0 Å². The summed E-state index contributed by atoms with van der Waals surface area (Å²) in [4.78, 5) is 40.7. The number of esters is 1. The summed E-state index contributed by atoms with van der Waals surface area (Å²) in [5, 5.41) is 18.7. The van der Waals surface area contributed by atoms with Crippen LogP contribution >= 0.6 is 0 Å². The fourth-order valence-electron chi connectivity index (χ4n) is 3.51. The summed E-state index contributed by atoms with van der Waals surface area (Å²) in [5.74, 6) is -1.21. The monoisotopic (exact) mass is 565 g/mol. The molecule has 2 unspecified atom stereocenters. The molecule has 3 rings (SSSR count). The van der Waals surface area contributed by atoms with Crippen LogP contribution in [-0.4, -0.2) is 62.1 Å². The molecule has 1 aliphatic heterocycles. The van der Waals surface area contributed by atoms with Crippen LogP contribution in [0.2, 0.25) is 0 Å². The van der Waals surface area contributed by atoms with Crippen molar-refractivity contribution >= 4 is 33.7 Å². The van der Waals surface area contributed by atoms with Crippen LogP contribution in [0, 0.1) is 0 Å². The SMILES string of the molecule is CCCCNc1cc(C(=O)OCC(C)OC(=O)ON2C(=O)CCC2O)cc(S(N)(=O)=O)c1Oc1ccccc1. The third kappa shape index (κ3) is 8.30. The first-order chi connectivity index (χ1) is 18.5. The van der Waals surface area contributed by atoms with E-state index in [0.29, 0.717) is 17.4 Å². The number of hydroxylamine groups is 2. The average Bonchev–Trinajstić information content (AvgIpc) is 3.20. The van der Waals surface area contributed by atoms with Gasteiger partial charge in [0, 0.05) is 19.4 Å². The van der Waals surface area contributed by atoms with Gasteiger partial charge in [0.2, 0.25) is 10.0 Å². The van der Waals surface area contributed by atoms with Crippen molar-refractivity contribution < 1.29 is 47.0 Å². The Kier molecular flexibility index (Phi) is 10.1. The lowest BCUT2D eigenvalue weighted by Gasteiger charge is -2.20. The smallest absolute Gasteiger partial charge is 0.458 e. The number of sulfonamides is 1. The summed E-state index contributed by atoms with van der Waals surface area (Å²) >= 11 is 0. The van der Waals surface area contributed by atoms with E-state index in [1.54, 1.807) is 30.3 Å². The molecule has 2 aromatic rings. The Hall–Kier alpha value is -3.88. The molecular weight excluding hydrogens is 534 g/mol. The standard InChI is InChI=1S/C25H31N3O10S/c1-3-4-12-27-19-13-17(14-20(39(26,33)34)23(19)37-18-8-6-5-7-9-18)24(31)35-15-16(2)36-25(32)38-28-21(29)10-11-22(28)30/h5-9,13-14,16,21,27,29H,3-4,10-12,15H2,1-2H3,(H2,26,33,34). The minimum atomic E-state index is -4.34. The summed E-state index contributed by atoms with van der Waals surface area (Å²) in [6.45, 7) is 3.43. The van der Waals surface area contributed by atoms with E-state index in [2.05, 4.69) is 5.32 Å². The first-order valence-electron chi connectivity index (χ1n) is 12.2. The van der Waals surface area contributed by atoms with E-state index in [1.807, 2.05) is 6.92 Å². The molecule has 14 heteroatoms. The second-order valence-corrected chi connectivity index (χ2v) is 10.2. The molecule has 39 heavy (non-hydrogen) atoms. The molecule has 0 aliphatic carbocycles. The van der Waals surface area contributed by atoms with E-state index >= 15 is 0 Å². The Morgan fingerprint density at radius 3 is 2.56 bits per heavy atom. The number of aliphatic hydroxyl groups excluding tert-OH is 1. The zero-order chi connectivity index (χ0) is 28.6. The summed E-state index contributed by atoms with van der Waals surface area (Å²) in [5.41, 5.74) is 0.0755. The maximum Gasteiger partial charge on any atom is 0.533 e. The summed E-state index contributed by atoms with van der Waals surface area (Å²) < 4.78 is 41.0. The third-order valence-electron chi connectivity index (χ3n) is 5.46. The minimum absolute atomic E-state index is 0.0204. The van der Waals surface area contributed by atoms with Gasteiger partial charge in [0.25, 0.3) is 5.91 Å². The minimum Gasteiger partial charge on any atom is -0.458 e. The Bertz CT molecular complexity index is 1290. The molecule has 2 atom stereocenters. The molecule has 0 radical (unpaired) electrons. The van der Waals surface area contributed by atoms with Crippen molar-refractivity contribution in [3.8, 4) is 11.5 Å². The number of nitrogens with zero attached hydrogens (tertiary/aromatic N) is 1. The van der Waals surface area contributed by atoms with Gasteiger partial charge in [-0.25, -0.2) is 23.1 Å². The number of aliphatic hydroxyl groups is 1. The van der Waals surface area contributed by atoms with E-state index in [-0.39, 0.29) is 29.8 Å². The van der Waals surface area contributed by atoms with Crippen molar-refractivity contribution in [2.24, 2.45) is 5.14 Å². The van der Waals surface area contributed by atoms with Crippen LogP contribution < -0.4 is 15.2 Å². The normalized spacial score (nSPS) is 15.9. The largest absolute Gasteiger partial charge is 0.533 e.